The van der Waals surface area contributed by atoms with E-state index in [1.807, 2.05) is 6.07 Å². The highest BCUT2D eigenvalue weighted by atomic mass is 16.5. The van der Waals surface area contributed by atoms with E-state index in [1.165, 1.54) is 16.3 Å². The maximum absolute atomic E-state index is 6.19. The molecule has 2 aromatic carbocycles. The molecule has 2 heterocycles. The van der Waals surface area contributed by atoms with Crippen LogP contribution >= 0.6 is 0 Å². The smallest absolute Gasteiger partial charge is 0.214 e. The predicted octanol–water partition coefficient (Wildman–Crippen LogP) is 4.34. The lowest BCUT2D eigenvalue weighted by atomic mass is 10.0. The lowest BCUT2D eigenvalue weighted by molar-refractivity contribution is 0.161. The van der Waals surface area contributed by atoms with E-state index < -0.39 is 0 Å². The third-order valence-corrected chi connectivity index (χ3v) is 4.55. The summed E-state index contributed by atoms with van der Waals surface area (Å²) in [6.07, 6.45) is 2.45. The number of aromatic nitrogens is 1. The number of fused-ring (bicyclic) bond motifs is 1. The van der Waals surface area contributed by atoms with Gasteiger partial charge in [-0.3, -0.25) is 0 Å². The van der Waals surface area contributed by atoms with Crippen molar-refractivity contribution in [2.45, 2.75) is 25.9 Å². The number of ether oxygens (including phenoxy) is 1. The Kier molecular flexibility index (Phi) is 4.18. The van der Waals surface area contributed by atoms with Crippen LogP contribution in [0.2, 0.25) is 0 Å². The van der Waals surface area contributed by atoms with Crippen LogP contribution in [0.4, 0.5) is 0 Å². The van der Waals surface area contributed by atoms with Gasteiger partial charge in [-0.25, -0.2) is 4.98 Å². The summed E-state index contributed by atoms with van der Waals surface area (Å²) < 4.78 is 6.19. The fourth-order valence-corrected chi connectivity index (χ4v) is 3.32. The Balaban J connectivity index is 1.80. The molecule has 3 nitrogen and oxygen atoms in total. The van der Waals surface area contributed by atoms with Gasteiger partial charge in [0, 0.05) is 23.6 Å². The first-order valence-electron chi connectivity index (χ1n) is 8.64. The minimum Gasteiger partial charge on any atom is -0.473 e. The van der Waals surface area contributed by atoms with Crippen molar-refractivity contribution in [1.29, 1.82) is 0 Å². The number of aryl methyl sites for hydroxylation is 1. The largest absolute Gasteiger partial charge is 0.473 e. The Morgan fingerprint density at radius 1 is 1.08 bits per heavy atom. The Morgan fingerprint density at radius 2 is 1.96 bits per heavy atom. The van der Waals surface area contributed by atoms with Crippen LogP contribution < -0.4 is 10.1 Å². The van der Waals surface area contributed by atoms with Crippen molar-refractivity contribution in [3.05, 3.63) is 60.2 Å². The van der Waals surface area contributed by atoms with E-state index in [4.69, 9.17) is 9.72 Å². The predicted molar refractivity (Wildman–Crippen MR) is 98.4 cm³/mol. The topological polar surface area (TPSA) is 34.1 Å². The van der Waals surface area contributed by atoms with Gasteiger partial charge in [-0.1, -0.05) is 54.1 Å². The van der Waals surface area contributed by atoms with Crippen molar-refractivity contribution in [2.24, 2.45) is 0 Å². The molecule has 0 aliphatic carbocycles. The summed E-state index contributed by atoms with van der Waals surface area (Å²) in [6, 6.07) is 18.9. The number of nitrogens with one attached hydrogen (secondary N) is 1. The van der Waals surface area contributed by atoms with Gasteiger partial charge in [0.2, 0.25) is 5.88 Å². The highest BCUT2D eigenvalue weighted by Crippen LogP contribution is 2.31. The van der Waals surface area contributed by atoms with Crippen LogP contribution in [-0.4, -0.2) is 24.2 Å². The van der Waals surface area contributed by atoms with E-state index in [9.17, 15) is 0 Å². The number of nitrogens with zero attached hydrogens (tertiary/aromatic N) is 1. The van der Waals surface area contributed by atoms with Crippen LogP contribution in [0, 0.1) is 6.92 Å². The van der Waals surface area contributed by atoms with Gasteiger partial charge in [0.25, 0.3) is 0 Å². The standard InChI is InChI=1S/C21H22N2O/c1-15-9-10-19-17(12-15)13-20(24-18-8-5-11-22-14-18)23-21(19)16-6-3-2-4-7-16/h2-4,6-7,9-10,12-13,18,22H,5,8,11,14H2,1H3. The first-order chi connectivity index (χ1) is 11.8. The van der Waals surface area contributed by atoms with Crippen LogP contribution in [0.25, 0.3) is 22.0 Å². The Hall–Kier alpha value is -2.39. The number of hydrogen-bond acceptors (Lipinski definition) is 3. The second kappa shape index (κ2) is 6.62. The lowest BCUT2D eigenvalue weighted by Gasteiger charge is -2.24. The Bertz CT molecular complexity index is 839. The quantitative estimate of drug-likeness (QED) is 0.780. The molecule has 1 aliphatic heterocycles. The molecular formula is C21H22N2O. The maximum atomic E-state index is 6.19. The fourth-order valence-electron chi connectivity index (χ4n) is 3.32. The van der Waals surface area contributed by atoms with Gasteiger partial charge in [-0.2, -0.15) is 0 Å². The Labute approximate surface area is 142 Å². The zero-order chi connectivity index (χ0) is 16.4. The molecule has 1 aliphatic rings. The van der Waals surface area contributed by atoms with E-state index in [-0.39, 0.29) is 6.10 Å². The van der Waals surface area contributed by atoms with Crippen molar-refractivity contribution in [3.63, 3.8) is 0 Å². The summed E-state index contributed by atoms with van der Waals surface area (Å²) in [7, 11) is 0. The van der Waals surface area contributed by atoms with Crippen molar-refractivity contribution in [1.82, 2.24) is 10.3 Å². The molecule has 1 aromatic heterocycles. The minimum atomic E-state index is 0.206. The normalized spacial score (nSPS) is 17.8. The fraction of sp³-hybridized carbons (Fsp3) is 0.286. The van der Waals surface area contributed by atoms with Crippen LogP contribution in [-0.2, 0) is 0 Å². The number of rotatable bonds is 3. The molecule has 1 fully saturated rings. The average molecular weight is 318 g/mol. The third kappa shape index (κ3) is 3.13. The highest BCUT2D eigenvalue weighted by molar-refractivity contribution is 5.95. The van der Waals surface area contributed by atoms with Gasteiger partial charge in [-0.05, 0) is 31.7 Å². The molecule has 0 spiro atoms. The summed E-state index contributed by atoms with van der Waals surface area (Å²) in [5, 5.41) is 5.75. The molecule has 24 heavy (non-hydrogen) atoms. The SMILES string of the molecule is Cc1ccc2c(-c3ccccc3)nc(OC3CCCNC3)cc2c1. The van der Waals surface area contributed by atoms with Gasteiger partial charge < -0.3 is 10.1 Å². The molecule has 3 heteroatoms. The summed E-state index contributed by atoms with van der Waals surface area (Å²) in [4.78, 5) is 4.84. The molecule has 122 valence electrons. The van der Waals surface area contributed by atoms with Gasteiger partial charge in [-0.15, -0.1) is 0 Å². The molecule has 1 atom stereocenters. The summed E-state index contributed by atoms with van der Waals surface area (Å²) in [5.74, 6) is 0.723. The molecule has 1 N–H and O–H groups in total. The van der Waals surface area contributed by atoms with E-state index in [2.05, 4.69) is 60.8 Å². The zero-order valence-corrected chi connectivity index (χ0v) is 14.0. The minimum absolute atomic E-state index is 0.206. The molecule has 0 bridgehead atoms. The number of hydrogen-bond donors (Lipinski definition) is 1. The summed E-state index contributed by atoms with van der Waals surface area (Å²) >= 11 is 0. The second-order valence-corrected chi connectivity index (χ2v) is 6.49. The number of piperidine rings is 1. The van der Waals surface area contributed by atoms with E-state index in [1.54, 1.807) is 0 Å². The number of pyridine rings is 1. The molecule has 0 radical (unpaired) electrons. The second-order valence-electron chi connectivity index (χ2n) is 6.49. The van der Waals surface area contributed by atoms with Gasteiger partial charge in [0.05, 0.1) is 5.69 Å². The molecule has 0 saturated carbocycles. The number of benzene rings is 2. The Morgan fingerprint density at radius 3 is 2.75 bits per heavy atom. The lowest BCUT2D eigenvalue weighted by Crippen LogP contribution is -2.37. The molecule has 4 rings (SSSR count). The first-order valence-corrected chi connectivity index (χ1v) is 8.64. The monoisotopic (exact) mass is 318 g/mol. The van der Waals surface area contributed by atoms with Crippen LogP contribution in [0.15, 0.2) is 54.6 Å². The summed E-state index contributed by atoms with van der Waals surface area (Å²) in [6.45, 7) is 4.10. The third-order valence-electron chi connectivity index (χ3n) is 4.55. The van der Waals surface area contributed by atoms with Gasteiger partial charge in [0.15, 0.2) is 0 Å². The highest BCUT2D eigenvalue weighted by Gasteiger charge is 2.16. The van der Waals surface area contributed by atoms with E-state index in [0.29, 0.717) is 0 Å². The molecule has 3 aromatic rings. The van der Waals surface area contributed by atoms with Gasteiger partial charge >= 0.3 is 0 Å². The van der Waals surface area contributed by atoms with Crippen molar-refractivity contribution >= 4 is 10.8 Å². The van der Waals surface area contributed by atoms with Crippen LogP contribution in [0.5, 0.6) is 5.88 Å². The van der Waals surface area contributed by atoms with E-state index in [0.717, 1.165) is 43.1 Å². The molecule has 0 amide bonds. The van der Waals surface area contributed by atoms with Crippen molar-refractivity contribution in [2.75, 3.05) is 13.1 Å². The average Bonchev–Trinajstić information content (AvgIpc) is 2.62. The molecule has 1 unspecified atom stereocenters. The summed E-state index contributed by atoms with van der Waals surface area (Å²) in [5.41, 5.74) is 3.36. The van der Waals surface area contributed by atoms with Crippen molar-refractivity contribution < 1.29 is 4.74 Å². The van der Waals surface area contributed by atoms with Gasteiger partial charge in [0.1, 0.15) is 6.10 Å². The first kappa shape index (κ1) is 15.2. The van der Waals surface area contributed by atoms with Crippen molar-refractivity contribution in [3.8, 4) is 17.1 Å². The van der Waals surface area contributed by atoms with Crippen LogP contribution in [0.1, 0.15) is 18.4 Å². The van der Waals surface area contributed by atoms with E-state index >= 15 is 0 Å². The molecule has 1 saturated heterocycles. The maximum Gasteiger partial charge on any atom is 0.214 e. The molecular weight excluding hydrogens is 296 g/mol. The van der Waals surface area contributed by atoms with Crippen LogP contribution in [0.3, 0.4) is 0 Å². The zero-order valence-electron chi connectivity index (χ0n) is 14.0.